The Bertz CT molecular complexity index is 393. The summed E-state index contributed by atoms with van der Waals surface area (Å²) in [7, 11) is 0. The average Bonchev–Trinajstić information content (AvgIpc) is 2.31. The number of carboxylic acid groups (broad SMARTS) is 1. The number of anilines is 2. The Kier molecular flexibility index (Phi) is 4.78. The van der Waals surface area contributed by atoms with E-state index in [-0.39, 0.29) is 17.9 Å². The maximum absolute atomic E-state index is 11.0. The quantitative estimate of drug-likeness (QED) is 0.648. The molecule has 0 atom stereocenters. The standard InChI is InChI=1S/C12H18N2O3/c1-2-14(6-3-7-15)9-4-5-11(13)10(8-9)12(16)17/h4-5,8,15H,2-3,6-7,13H2,1H3,(H,16,17). The maximum Gasteiger partial charge on any atom is 0.337 e. The molecule has 4 N–H and O–H groups in total. The summed E-state index contributed by atoms with van der Waals surface area (Å²) in [5, 5.41) is 17.8. The number of hydrogen-bond donors (Lipinski definition) is 3. The van der Waals surface area contributed by atoms with Crippen molar-refractivity contribution in [1.29, 1.82) is 0 Å². The van der Waals surface area contributed by atoms with Crippen LogP contribution in [0.2, 0.25) is 0 Å². The zero-order valence-electron chi connectivity index (χ0n) is 9.89. The van der Waals surface area contributed by atoms with E-state index in [4.69, 9.17) is 15.9 Å². The van der Waals surface area contributed by atoms with Gasteiger partial charge >= 0.3 is 5.97 Å². The van der Waals surface area contributed by atoms with Gasteiger partial charge < -0.3 is 20.8 Å². The van der Waals surface area contributed by atoms with Crippen molar-refractivity contribution in [2.75, 3.05) is 30.3 Å². The van der Waals surface area contributed by atoms with Crippen LogP contribution in [0.15, 0.2) is 18.2 Å². The van der Waals surface area contributed by atoms with Crippen LogP contribution in [0.5, 0.6) is 0 Å². The molecule has 5 heteroatoms. The summed E-state index contributed by atoms with van der Waals surface area (Å²) in [5.74, 6) is -1.03. The lowest BCUT2D eigenvalue weighted by molar-refractivity contribution is 0.0698. The first kappa shape index (κ1) is 13.3. The van der Waals surface area contributed by atoms with Crippen molar-refractivity contribution in [3.05, 3.63) is 23.8 Å². The topological polar surface area (TPSA) is 86.8 Å². The van der Waals surface area contributed by atoms with Crippen LogP contribution < -0.4 is 10.6 Å². The summed E-state index contributed by atoms with van der Waals surface area (Å²) >= 11 is 0. The van der Waals surface area contributed by atoms with E-state index in [0.29, 0.717) is 13.0 Å². The Morgan fingerprint density at radius 2 is 2.18 bits per heavy atom. The fourth-order valence-corrected chi connectivity index (χ4v) is 1.66. The van der Waals surface area contributed by atoms with E-state index in [9.17, 15) is 4.79 Å². The normalized spacial score (nSPS) is 10.2. The largest absolute Gasteiger partial charge is 0.478 e. The first-order valence-corrected chi connectivity index (χ1v) is 5.58. The van der Waals surface area contributed by atoms with E-state index in [1.54, 1.807) is 18.2 Å². The third kappa shape index (κ3) is 3.35. The van der Waals surface area contributed by atoms with E-state index in [0.717, 1.165) is 12.2 Å². The molecule has 0 bridgehead atoms. The molecule has 0 spiro atoms. The number of rotatable bonds is 6. The second kappa shape index (κ2) is 6.10. The Hall–Kier alpha value is -1.75. The highest BCUT2D eigenvalue weighted by Crippen LogP contribution is 2.21. The number of nitrogen functional groups attached to an aromatic ring is 1. The van der Waals surface area contributed by atoms with Crippen molar-refractivity contribution in [3.8, 4) is 0 Å². The third-order valence-electron chi connectivity index (χ3n) is 2.60. The molecule has 0 amide bonds. The van der Waals surface area contributed by atoms with Gasteiger partial charge in [-0.25, -0.2) is 4.79 Å². The summed E-state index contributed by atoms with van der Waals surface area (Å²) in [5.41, 5.74) is 6.78. The van der Waals surface area contributed by atoms with Crippen LogP contribution in [0.25, 0.3) is 0 Å². The lowest BCUT2D eigenvalue weighted by Gasteiger charge is -2.23. The van der Waals surface area contributed by atoms with Gasteiger partial charge in [-0.1, -0.05) is 0 Å². The van der Waals surface area contributed by atoms with Gasteiger partial charge in [0.2, 0.25) is 0 Å². The number of benzene rings is 1. The molecule has 94 valence electrons. The second-order valence-electron chi connectivity index (χ2n) is 3.73. The van der Waals surface area contributed by atoms with E-state index >= 15 is 0 Å². The van der Waals surface area contributed by atoms with Crippen molar-refractivity contribution < 1.29 is 15.0 Å². The predicted octanol–water partition coefficient (Wildman–Crippen LogP) is 1.18. The fourth-order valence-electron chi connectivity index (χ4n) is 1.66. The van der Waals surface area contributed by atoms with Crippen LogP contribution in [0.4, 0.5) is 11.4 Å². The average molecular weight is 238 g/mol. The van der Waals surface area contributed by atoms with Gasteiger partial charge in [-0.3, -0.25) is 0 Å². The molecule has 1 aromatic carbocycles. The van der Waals surface area contributed by atoms with Gasteiger partial charge in [-0.2, -0.15) is 0 Å². The number of hydrogen-bond acceptors (Lipinski definition) is 4. The lowest BCUT2D eigenvalue weighted by atomic mass is 10.1. The van der Waals surface area contributed by atoms with Crippen molar-refractivity contribution in [2.24, 2.45) is 0 Å². The van der Waals surface area contributed by atoms with Crippen LogP contribution in [0, 0.1) is 0 Å². The van der Waals surface area contributed by atoms with Gasteiger partial charge in [-0.15, -0.1) is 0 Å². The minimum atomic E-state index is -1.03. The van der Waals surface area contributed by atoms with E-state index in [1.165, 1.54) is 0 Å². The first-order valence-electron chi connectivity index (χ1n) is 5.58. The minimum absolute atomic E-state index is 0.116. The molecule has 0 aromatic heterocycles. The second-order valence-corrected chi connectivity index (χ2v) is 3.73. The van der Waals surface area contributed by atoms with Gasteiger partial charge in [0.15, 0.2) is 0 Å². The first-order chi connectivity index (χ1) is 8.10. The van der Waals surface area contributed by atoms with Crippen LogP contribution >= 0.6 is 0 Å². The maximum atomic E-state index is 11.0. The molecule has 1 rings (SSSR count). The van der Waals surface area contributed by atoms with E-state index in [1.807, 2.05) is 11.8 Å². The van der Waals surface area contributed by atoms with Gasteiger partial charge in [0, 0.05) is 31.1 Å². The number of carboxylic acids is 1. The zero-order valence-corrected chi connectivity index (χ0v) is 9.89. The van der Waals surface area contributed by atoms with Crippen LogP contribution in [0.3, 0.4) is 0 Å². The third-order valence-corrected chi connectivity index (χ3v) is 2.60. The molecule has 5 nitrogen and oxygen atoms in total. The summed E-state index contributed by atoms with van der Waals surface area (Å²) in [6, 6.07) is 4.96. The van der Waals surface area contributed by atoms with Crippen LogP contribution in [-0.4, -0.2) is 35.9 Å². The molecule has 0 heterocycles. The molecule has 1 aromatic rings. The summed E-state index contributed by atoms with van der Waals surface area (Å²) < 4.78 is 0. The predicted molar refractivity (Wildman–Crippen MR) is 67.4 cm³/mol. The number of aliphatic hydroxyl groups is 1. The number of nitrogens with two attached hydrogens (primary N) is 1. The molecule has 0 unspecified atom stereocenters. The van der Waals surface area contributed by atoms with Crippen LogP contribution in [0.1, 0.15) is 23.7 Å². The highest BCUT2D eigenvalue weighted by Gasteiger charge is 2.11. The van der Waals surface area contributed by atoms with Gasteiger partial charge in [0.25, 0.3) is 0 Å². The minimum Gasteiger partial charge on any atom is -0.478 e. The molecular formula is C12H18N2O3. The number of nitrogens with zero attached hydrogens (tertiary/aromatic N) is 1. The van der Waals surface area contributed by atoms with Crippen molar-refractivity contribution >= 4 is 17.3 Å². The van der Waals surface area contributed by atoms with Crippen molar-refractivity contribution in [2.45, 2.75) is 13.3 Å². The molecule has 0 radical (unpaired) electrons. The Labute approximate surface area is 100 Å². The Balaban J connectivity index is 2.96. The Morgan fingerprint density at radius 3 is 2.71 bits per heavy atom. The van der Waals surface area contributed by atoms with Crippen LogP contribution in [-0.2, 0) is 0 Å². The smallest absolute Gasteiger partial charge is 0.337 e. The molecule has 0 saturated carbocycles. The van der Waals surface area contributed by atoms with Crippen molar-refractivity contribution in [3.63, 3.8) is 0 Å². The molecule has 0 aliphatic rings. The number of aliphatic hydroxyl groups excluding tert-OH is 1. The molecule has 0 saturated heterocycles. The zero-order chi connectivity index (χ0) is 12.8. The summed E-state index contributed by atoms with van der Waals surface area (Å²) in [4.78, 5) is 13.0. The van der Waals surface area contributed by atoms with Gasteiger partial charge in [-0.05, 0) is 31.5 Å². The Morgan fingerprint density at radius 1 is 1.47 bits per heavy atom. The SMILES string of the molecule is CCN(CCCO)c1ccc(N)c(C(=O)O)c1. The monoisotopic (exact) mass is 238 g/mol. The number of carbonyl (C=O) groups is 1. The summed E-state index contributed by atoms with van der Waals surface area (Å²) in [6.07, 6.45) is 0.653. The molecular weight excluding hydrogens is 220 g/mol. The fraction of sp³-hybridized carbons (Fsp3) is 0.417. The molecule has 0 aliphatic carbocycles. The number of aromatic carboxylic acids is 1. The van der Waals surface area contributed by atoms with E-state index < -0.39 is 5.97 Å². The lowest BCUT2D eigenvalue weighted by Crippen LogP contribution is -2.25. The molecule has 17 heavy (non-hydrogen) atoms. The van der Waals surface area contributed by atoms with Crippen molar-refractivity contribution in [1.82, 2.24) is 0 Å². The highest BCUT2D eigenvalue weighted by atomic mass is 16.4. The molecule has 0 aliphatic heterocycles. The molecule has 0 fully saturated rings. The highest BCUT2D eigenvalue weighted by molar-refractivity contribution is 5.94. The summed E-state index contributed by atoms with van der Waals surface area (Å²) in [6.45, 7) is 3.55. The van der Waals surface area contributed by atoms with E-state index in [2.05, 4.69) is 0 Å². The van der Waals surface area contributed by atoms with Gasteiger partial charge in [0.1, 0.15) is 0 Å². The van der Waals surface area contributed by atoms with Gasteiger partial charge in [0.05, 0.1) is 5.56 Å².